The Morgan fingerprint density at radius 3 is 2.13 bits per heavy atom. The van der Waals surface area contributed by atoms with Crippen molar-refractivity contribution >= 4 is 6.08 Å². The van der Waals surface area contributed by atoms with Crippen molar-refractivity contribution < 1.29 is 0 Å². The van der Waals surface area contributed by atoms with Crippen LogP contribution in [0.2, 0.25) is 0 Å². The second kappa shape index (κ2) is 6.85. The summed E-state index contributed by atoms with van der Waals surface area (Å²) in [5.41, 5.74) is 11.4. The molecule has 144 valence electrons. The van der Waals surface area contributed by atoms with Crippen molar-refractivity contribution in [2.45, 2.75) is 24.7 Å². The van der Waals surface area contributed by atoms with Gasteiger partial charge in [0.25, 0.3) is 0 Å². The summed E-state index contributed by atoms with van der Waals surface area (Å²) in [6.45, 7) is 2.39. The highest BCUT2D eigenvalue weighted by Gasteiger charge is 2.36. The molecule has 0 aliphatic heterocycles. The molecule has 30 heavy (non-hydrogen) atoms. The lowest BCUT2D eigenvalue weighted by atomic mass is 9.77. The highest BCUT2D eigenvalue weighted by molar-refractivity contribution is 5.82. The molecule has 4 aromatic rings. The van der Waals surface area contributed by atoms with Gasteiger partial charge in [-0.1, -0.05) is 116 Å². The molecule has 3 atom stereocenters. The van der Waals surface area contributed by atoms with Gasteiger partial charge < -0.3 is 0 Å². The SMILES string of the molecule is CC(c1ccccc1)C1c2ccccc2-c2cccc(C3C=Cc4ccccc43)c21. The molecule has 0 aromatic heterocycles. The molecule has 0 saturated heterocycles. The molecule has 0 spiro atoms. The van der Waals surface area contributed by atoms with Crippen molar-refractivity contribution in [1.82, 2.24) is 0 Å². The standard InChI is InChI=1S/C30H24/c1-20(21-10-3-2-4-11-21)29-26-15-8-7-14-24(26)27-16-9-17-28(30(27)29)25-19-18-22-12-5-6-13-23(22)25/h2-20,25,29H,1H3. The molecule has 0 amide bonds. The lowest BCUT2D eigenvalue weighted by Gasteiger charge is -2.26. The molecule has 6 rings (SSSR count). The van der Waals surface area contributed by atoms with E-state index in [0.29, 0.717) is 17.8 Å². The quantitative estimate of drug-likeness (QED) is 0.338. The third kappa shape index (κ3) is 2.53. The Bertz CT molecular complexity index is 1260. The smallest absolute Gasteiger partial charge is 0.0281 e. The van der Waals surface area contributed by atoms with Crippen LogP contribution in [-0.2, 0) is 0 Å². The third-order valence-corrected chi connectivity index (χ3v) is 7.00. The summed E-state index contributed by atoms with van der Waals surface area (Å²) in [5.74, 6) is 1.11. The van der Waals surface area contributed by atoms with Crippen molar-refractivity contribution in [2.24, 2.45) is 0 Å². The third-order valence-electron chi connectivity index (χ3n) is 7.00. The summed E-state index contributed by atoms with van der Waals surface area (Å²) >= 11 is 0. The molecule has 4 aromatic carbocycles. The average Bonchev–Trinajstić information content (AvgIpc) is 3.39. The number of rotatable bonds is 3. The normalized spacial score (nSPS) is 19.2. The summed E-state index contributed by atoms with van der Waals surface area (Å²) in [6.07, 6.45) is 4.67. The minimum Gasteiger partial charge on any atom is -0.0720 e. The summed E-state index contributed by atoms with van der Waals surface area (Å²) < 4.78 is 0. The van der Waals surface area contributed by atoms with E-state index in [-0.39, 0.29) is 0 Å². The van der Waals surface area contributed by atoms with Crippen LogP contribution in [0, 0.1) is 0 Å². The minimum atomic E-state index is 0.330. The first-order valence-electron chi connectivity index (χ1n) is 10.9. The van der Waals surface area contributed by atoms with E-state index in [1.54, 1.807) is 0 Å². The van der Waals surface area contributed by atoms with Gasteiger partial charge in [-0.3, -0.25) is 0 Å². The second-order valence-electron chi connectivity index (χ2n) is 8.54. The Labute approximate surface area is 178 Å². The Kier molecular flexibility index (Phi) is 3.99. The van der Waals surface area contributed by atoms with E-state index in [1.165, 1.54) is 44.5 Å². The minimum absolute atomic E-state index is 0.330. The van der Waals surface area contributed by atoms with Crippen molar-refractivity contribution in [2.75, 3.05) is 0 Å². The molecule has 0 heteroatoms. The largest absolute Gasteiger partial charge is 0.0720 e. The average molecular weight is 385 g/mol. The van der Waals surface area contributed by atoms with Crippen LogP contribution < -0.4 is 0 Å². The monoisotopic (exact) mass is 384 g/mol. The van der Waals surface area contributed by atoms with Crippen LogP contribution in [0.15, 0.2) is 103 Å². The van der Waals surface area contributed by atoms with E-state index in [0.717, 1.165) is 0 Å². The number of hydrogen-bond acceptors (Lipinski definition) is 0. The van der Waals surface area contributed by atoms with Gasteiger partial charge in [0.2, 0.25) is 0 Å². The molecule has 2 aliphatic rings. The molecule has 0 radical (unpaired) electrons. The van der Waals surface area contributed by atoms with Gasteiger partial charge in [-0.15, -0.1) is 0 Å². The predicted octanol–water partition coefficient (Wildman–Crippen LogP) is 7.76. The molecule has 2 aliphatic carbocycles. The van der Waals surface area contributed by atoms with Crippen LogP contribution in [0.4, 0.5) is 0 Å². The molecule has 3 unspecified atom stereocenters. The lowest BCUT2D eigenvalue weighted by molar-refractivity contribution is 0.663. The molecular weight excluding hydrogens is 360 g/mol. The molecular formula is C30H24. The van der Waals surface area contributed by atoms with Crippen molar-refractivity contribution in [3.63, 3.8) is 0 Å². The van der Waals surface area contributed by atoms with Crippen molar-refractivity contribution in [3.8, 4) is 11.1 Å². The van der Waals surface area contributed by atoms with Crippen LogP contribution >= 0.6 is 0 Å². The van der Waals surface area contributed by atoms with Crippen LogP contribution in [-0.4, -0.2) is 0 Å². The van der Waals surface area contributed by atoms with Gasteiger partial charge in [0, 0.05) is 11.8 Å². The van der Waals surface area contributed by atoms with Gasteiger partial charge in [-0.05, 0) is 50.4 Å². The van der Waals surface area contributed by atoms with Crippen molar-refractivity contribution in [3.05, 3.63) is 137 Å². The molecule has 0 saturated carbocycles. The molecule has 0 N–H and O–H groups in total. The first-order valence-corrected chi connectivity index (χ1v) is 10.9. The maximum absolute atomic E-state index is 2.39. The van der Waals surface area contributed by atoms with Gasteiger partial charge in [-0.25, -0.2) is 0 Å². The number of allylic oxidation sites excluding steroid dienone is 1. The lowest BCUT2D eigenvalue weighted by Crippen LogP contribution is -2.11. The van der Waals surface area contributed by atoms with Crippen LogP contribution in [0.1, 0.15) is 58.1 Å². The Hall–Kier alpha value is -3.38. The van der Waals surface area contributed by atoms with E-state index in [1.807, 2.05) is 0 Å². The van der Waals surface area contributed by atoms with Crippen LogP contribution in [0.25, 0.3) is 17.2 Å². The van der Waals surface area contributed by atoms with E-state index in [4.69, 9.17) is 0 Å². The second-order valence-corrected chi connectivity index (χ2v) is 8.54. The van der Waals surface area contributed by atoms with Gasteiger partial charge >= 0.3 is 0 Å². The first kappa shape index (κ1) is 17.5. The van der Waals surface area contributed by atoms with E-state index in [2.05, 4.69) is 116 Å². The van der Waals surface area contributed by atoms with E-state index < -0.39 is 0 Å². The Morgan fingerprint density at radius 2 is 1.27 bits per heavy atom. The van der Waals surface area contributed by atoms with Gasteiger partial charge in [0.15, 0.2) is 0 Å². The maximum Gasteiger partial charge on any atom is 0.0281 e. The van der Waals surface area contributed by atoms with Crippen molar-refractivity contribution in [1.29, 1.82) is 0 Å². The van der Waals surface area contributed by atoms with Crippen LogP contribution in [0.3, 0.4) is 0 Å². The molecule has 0 bridgehead atoms. The summed E-state index contributed by atoms with van der Waals surface area (Å²) in [4.78, 5) is 0. The number of hydrogen-bond donors (Lipinski definition) is 0. The molecule has 0 heterocycles. The Morgan fingerprint density at radius 1 is 0.600 bits per heavy atom. The zero-order chi connectivity index (χ0) is 20.1. The van der Waals surface area contributed by atoms with E-state index >= 15 is 0 Å². The number of fused-ring (bicyclic) bond motifs is 4. The summed E-state index contributed by atoms with van der Waals surface area (Å²) in [5, 5.41) is 0. The summed E-state index contributed by atoms with van der Waals surface area (Å²) in [6, 6.07) is 35.7. The van der Waals surface area contributed by atoms with Gasteiger partial charge in [0.05, 0.1) is 0 Å². The zero-order valence-corrected chi connectivity index (χ0v) is 17.1. The van der Waals surface area contributed by atoms with E-state index in [9.17, 15) is 0 Å². The fourth-order valence-corrected chi connectivity index (χ4v) is 5.59. The zero-order valence-electron chi connectivity index (χ0n) is 17.1. The topological polar surface area (TPSA) is 0 Å². The first-order chi connectivity index (χ1) is 14.8. The highest BCUT2D eigenvalue weighted by atomic mass is 14.4. The fraction of sp³-hybridized carbons (Fsp3) is 0.133. The predicted molar refractivity (Wildman–Crippen MR) is 126 cm³/mol. The summed E-state index contributed by atoms with van der Waals surface area (Å²) in [7, 11) is 0. The van der Waals surface area contributed by atoms with Crippen LogP contribution in [0.5, 0.6) is 0 Å². The highest BCUT2D eigenvalue weighted by Crippen LogP contribution is 2.54. The maximum atomic E-state index is 2.39. The molecule has 0 fully saturated rings. The van der Waals surface area contributed by atoms with Gasteiger partial charge in [0.1, 0.15) is 0 Å². The van der Waals surface area contributed by atoms with Gasteiger partial charge in [-0.2, -0.15) is 0 Å². The Balaban J connectivity index is 1.57. The fourth-order valence-electron chi connectivity index (χ4n) is 5.59. The number of benzene rings is 4. The molecule has 0 nitrogen and oxygen atoms in total.